The van der Waals surface area contributed by atoms with E-state index >= 15 is 0 Å². The van der Waals surface area contributed by atoms with E-state index in [0.29, 0.717) is 6.04 Å². The van der Waals surface area contributed by atoms with Gasteiger partial charge in [0, 0.05) is 43.2 Å². The highest BCUT2D eigenvalue weighted by Crippen LogP contribution is 2.22. The maximum atomic E-state index is 12.0. The van der Waals surface area contributed by atoms with Gasteiger partial charge < -0.3 is 0 Å². The van der Waals surface area contributed by atoms with Gasteiger partial charge in [0.1, 0.15) is 5.78 Å². The lowest BCUT2D eigenvalue weighted by atomic mass is 9.94. The molecule has 1 fully saturated rings. The molecule has 116 valence electrons. The Morgan fingerprint density at radius 2 is 1.71 bits per heavy atom. The van der Waals surface area contributed by atoms with Crippen LogP contribution in [0.15, 0.2) is 28.7 Å². The van der Waals surface area contributed by atoms with E-state index in [9.17, 15) is 4.79 Å². The van der Waals surface area contributed by atoms with Crippen molar-refractivity contribution in [2.45, 2.75) is 32.7 Å². The Bertz CT molecular complexity index is 464. The van der Waals surface area contributed by atoms with Gasteiger partial charge in [0.2, 0.25) is 0 Å². The molecule has 0 bridgehead atoms. The number of carbonyl (C=O) groups is 1. The predicted molar refractivity (Wildman–Crippen MR) is 90.7 cm³/mol. The Balaban J connectivity index is 1.98. The molecule has 0 aliphatic carbocycles. The van der Waals surface area contributed by atoms with Crippen LogP contribution in [-0.4, -0.2) is 54.3 Å². The highest BCUT2D eigenvalue weighted by atomic mass is 79.9. The largest absolute Gasteiger partial charge is 0.300 e. The van der Waals surface area contributed by atoms with E-state index in [2.05, 4.69) is 51.7 Å². The number of piperazine rings is 1. The molecule has 1 atom stereocenters. The van der Waals surface area contributed by atoms with Gasteiger partial charge in [-0.2, -0.15) is 0 Å². The molecule has 1 aliphatic heterocycles. The van der Waals surface area contributed by atoms with Gasteiger partial charge in [-0.25, -0.2) is 0 Å². The van der Waals surface area contributed by atoms with Gasteiger partial charge in [-0.15, -0.1) is 0 Å². The van der Waals surface area contributed by atoms with Crippen LogP contribution in [0.4, 0.5) is 0 Å². The van der Waals surface area contributed by atoms with Gasteiger partial charge >= 0.3 is 0 Å². The number of hydrogen-bond acceptors (Lipinski definition) is 3. The van der Waals surface area contributed by atoms with Crippen molar-refractivity contribution >= 4 is 21.7 Å². The van der Waals surface area contributed by atoms with Crippen LogP contribution in [0.3, 0.4) is 0 Å². The Morgan fingerprint density at radius 3 is 2.19 bits per heavy atom. The molecule has 3 nitrogen and oxygen atoms in total. The van der Waals surface area contributed by atoms with E-state index in [1.165, 1.54) is 0 Å². The van der Waals surface area contributed by atoms with Gasteiger partial charge in [0.15, 0.2) is 0 Å². The van der Waals surface area contributed by atoms with Gasteiger partial charge in [-0.1, -0.05) is 28.1 Å². The van der Waals surface area contributed by atoms with Gasteiger partial charge in [0.25, 0.3) is 0 Å². The number of benzene rings is 1. The minimum atomic E-state index is -0.0105. The maximum absolute atomic E-state index is 12.0. The second kappa shape index (κ2) is 7.52. The summed E-state index contributed by atoms with van der Waals surface area (Å²) in [6.45, 7) is 11.3. The van der Waals surface area contributed by atoms with Crippen molar-refractivity contribution in [3.05, 3.63) is 34.3 Å². The molecule has 1 saturated heterocycles. The van der Waals surface area contributed by atoms with Gasteiger partial charge in [-0.05, 0) is 38.5 Å². The summed E-state index contributed by atoms with van der Waals surface area (Å²) in [5.74, 6) is 0.243. The van der Waals surface area contributed by atoms with Crippen molar-refractivity contribution in [2.75, 3.05) is 32.7 Å². The van der Waals surface area contributed by atoms with E-state index in [1.807, 2.05) is 12.1 Å². The lowest BCUT2D eigenvalue weighted by molar-refractivity contribution is -0.119. The van der Waals surface area contributed by atoms with Crippen molar-refractivity contribution in [1.82, 2.24) is 9.80 Å². The van der Waals surface area contributed by atoms with Crippen LogP contribution in [0.5, 0.6) is 0 Å². The van der Waals surface area contributed by atoms with Crippen molar-refractivity contribution in [2.24, 2.45) is 0 Å². The van der Waals surface area contributed by atoms with Crippen molar-refractivity contribution in [3.8, 4) is 0 Å². The van der Waals surface area contributed by atoms with Gasteiger partial charge in [-0.3, -0.25) is 14.6 Å². The Morgan fingerprint density at radius 1 is 1.14 bits per heavy atom. The minimum Gasteiger partial charge on any atom is -0.300 e. The molecule has 2 rings (SSSR count). The molecule has 0 unspecified atom stereocenters. The number of Topliss-reactive ketones (excluding diaryl/α,β-unsaturated/α-hetero) is 1. The molecule has 0 amide bonds. The summed E-state index contributed by atoms with van der Waals surface area (Å²) in [6, 6.07) is 8.76. The smallest absolute Gasteiger partial charge is 0.138 e. The zero-order valence-corrected chi connectivity index (χ0v) is 14.8. The number of hydrogen-bond donors (Lipinski definition) is 0. The SMILES string of the molecule is CC(=O)[C@H](CN1CCN(C(C)C)CC1)c1ccc(Br)cc1. The zero-order valence-electron chi connectivity index (χ0n) is 13.2. The van der Waals surface area contributed by atoms with E-state index < -0.39 is 0 Å². The summed E-state index contributed by atoms with van der Waals surface area (Å²) in [5, 5.41) is 0. The number of halogens is 1. The predicted octanol–water partition coefficient (Wildman–Crippen LogP) is 3.15. The molecule has 1 aliphatic rings. The second-order valence-corrected chi connectivity index (χ2v) is 7.06. The summed E-state index contributed by atoms with van der Waals surface area (Å²) >= 11 is 3.45. The molecule has 1 aromatic rings. The average molecular weight is 353 g/mol. The van der Waals surface area contributed by atoms with E-state index in [-0.39, 0.29) is 11.7 Å². The summed E-state index contributed by atoms with van der Waals surface area (Å²) in [4.78, 5) is 16.9. The first-order chi connectivity index (χ1) is 9.97. The van der Waals surface area contributed by atoms with E-state index in [4.69, 9.17) is 0 Å². The third kappa shape index (κ3) is 4.63. The molecule has 21 heavy (non-hydrogen) atoms. The van der Waals surface area contributed by atoms with Crippen LogP contribution in [0.25, 0.3) is 0 Å². The molecular formula is C17H25BrN2O. The zero-order chi connectivity index (χ0) is 15.4. The van der Waals surface area contributed by atoms with Gasteiger partial charge in [0.05, 0.1) is 5.92 Å². The first kappa shape index (κ1) is 16.7. The lowest BCUT2D eigenvalue weighted by Gasteiger charge is -2.38. The Hall–Kier alpha value is -0.710. The number of rotatable bonds is 5. The van der Waals surface area contributed by atoms with Crippen LogP contribution < -0.4 is 0 Å². The quantitative estimate of drug-likeness (QED) is 0.813. The fraction of sp³-hybridized carbons (Fsp3) is 0.588. The van der Waals surface area contributed by atoms with E-state index in [0.717, 1.165) is 42.8 Å². The van der Waals surface area contributed by atoms with Crippen molar-refractivity contribution in [3.63, 3.8) is 0 Å². The topological polar surface area (TPSA) is 23.6 Å². The van der Waals surface area contributed by atoms with Crippen LogP contribution >= 0.6 is 15.9 Å². The molecule has 0 spiro atoms. The molecular weight excluding hydrogens is 328 g/mol. The maximum Gasteiger partial charge on any atom is 0.138 e. The molecule has 0 N–H and O–H groups in total. The summed E-state index contributed by atoms with van der Waals surface area (Å²) in [5.41, 5.74) is 1.12. The Labute approximate surface area is 136 Å². The fourth-order valence-electron chi connectivity index (χ4n) is 2.88. The normalized spacial score (nSPS) is 18.9. The molecule has 0 radical (unpaired) electrons. The number of carbonyl (C=O) groups excluding carboxylic acids is 1. The number of nitrogens with zero attached hydrogens (tertiary/aromatic N) is 2. The third-order valence-electron chi connectivity index (χ3n) is 4.34. The summed E-state index contributed by atoms with van der Waals surface area (Å²) in [6.07, 6.45) is 0. The average Bonchev–Trinajstić information content (AvgIpc) is 2.46. The molecule has 0 aromatic heterocycles. The highest BCUT2D eigenvalue weighted by molar-refractivity contribution is 9.10. The first-order valence-electron chi connectivity index (χ1n) is 7.69. The van der Waals surface area contributed by atoms with Crippen molar-refractivity contribution in [1.29, 1.82) is 0 Å². The van der Waals surface area contributed by atoms with Crippen LogP contribution in [0, 0.1) is 0 Å². The minimum absolute atomic E-state index is 0.0105. The molecule has 0 saturated carbocycles. The van der Waals surface area contributed by atoms with Crippen LogP contribution in [0.2, 0.25) is 0 Å². The van der Waals surface area contributed by atoms with Crippen molar-refractivity contribution < 1.29 is 4.79 Å². The first-order valence-corrected chi connectivity index (χ1v) is 8.49. The van der Waals surface area contributed by atoms with E-state index in [1.54, 1.807) is 6.92 Å². The van der Waals surface area contributed by atoms with Crippen LogP contribution in [-0.2, 0) is 4.79 Å². The Kier molecular flexibility index (Phi) is 5.97. The number of ketones is 1. The lowest BCUT2D eigenvalue weighted by Crippen LogP contribution is -2.50. The third-order valence-corrected chi connectivity index (χ3v) is 4.87. The monoisotopic (exact) mass is 352 g/mol. The summed E-state index contributed by atoms with van der Waals surface area (Å²) < 4.78 is 1.05. The molecule has 4 heteroatoms. The fourth-order valence-corrected chi connectivity index (χ4v) is 3.15. The summed E-state index contributed by atoms with van der Waals surface area (Å²) in [7, 11) is 0. The second-order valence-electron chi connectivity index (χ2n) is 6.15. The molecule has 1 heterocycles. The standard InChI is InChI=1S/C17H25BrN2O/c1-13(2)20-10-8-19(9-11-20)12-17(14(3)21)15-4-6-16(18)7-5-15/h4-7,13,17H,8-12H2,1-3H3/t17-/m0/s1. The highest BCUT2D eigenvalue weighted by Gasteiger charge is 2.24. The van der Waals surface area contributed by atoms with Crippen LogP contribution in [0.1, 0.15) is 32.3 Å². The molecule has 1 aromatic carbocycles.